The Hall–Kier alpha value is -2.53. The predicted octanol–water partition coefficient (Wildman–Crippen LogP) is 2.91. The molecular weight excluding hydrogens is 470 g/mol. The van der Waals surface area contributed by atoms with Gasteiger partial charge in [-0.15, -0.1) is 0 Å². The minimum atomic E-state index is -1.14. The number of ether oxygens (including phenoxy) is 3. The van der Waals surface area contributed by atoms with Crippen molar-refractivity contribution >= 4 is 56.9 Å². The van der Waals surface area contributed by atoms with Crippen LogP contribution in [-0.4, -0.2) is 59.5 Å². The number of carboxylic acid groups (broad SMARTS) is 1. The molecule has 9 nitrogen and oxygen atoms in total. The molecule has 1 aromatic rings. The van der Waals surface area contributed by atoms with Crippen LogP contribution in [0.15, 0.2) is 21.5 Å². The molecule has 0 aromatic heterocycles. The highest BCUT2D eigenvalue weighted by Crippen LogP contribution is 2.38. The van der Waals surface area contributed by atoms with Gasteiger partial charge < -0.3 is 19.3 Å². The number of hydrogen-bond acceptors (Lipinski definition) is 8. The highest BCUT2D eigenvalue weighted by molar-refractivity contribution is 9.10. The van der Waals surface area contributed by atoms with E-state index in [0.29, 0.717) is 28.4 Å². The number of benzene rings is 1. The van der Waals surface area contributed by atoms with Gasteiger partial charge in [-0.3, -0.25) is 19.3 Å². The molecular formula is C18H18BrNO8S. The topological polar surface area (TPSA) is 119 Å². The number of esters is 1. The van der Waals surface area contributed by atoms with Crippen molar-refractivity contribution in [1.82, 2.24) is 4.90 Å². The summed E-state index contributed by atoms with van der Waals surface area (Å²) in [7, 11) is 0. The number of rotatable bonds is 9. The van der Waals surface area contributed by atoms with Gasteiger partial charge >= 0.3 is 11.9 Å². The SMILES string of the molecule is CCOC(=O)CN1C(=O)S/C(=C/c2cc(OCC)c(OCC(=O)O)cc2Br)C1=O. The zero-order valence-corrected chi connectivity index (χ0v) is 18.0. The van der Waals surface area contributed by atoms with Gasteiger partial charge in [0, 0.05) is 4.47 Å². The zero-order valence-electron chi connectivity index (χ0n) is 15.6. The first kappa shape index (κ1) is 22.8. The number of aliphatic carboxylic acids is 1. The summed E-state index contributed by atoms with van der Waals surface area (Å²) in [6.07, 6.45) is 1.48. The highest BCUT2D eigenvalue weighted by atomic mass is 79.9. The monoisotopic (exact) mass is 487 g/mol. The first-order chi connectivity index (χ1) is 13.8. The van der Waals surface area contributed by atoms with Gasteiger partial charge in [-0.1, -0.05) is 15.9 Å². The molecule has 0 radical (unpaired) electrons. The number of carboxylic acids is 1. The number of halogens is 1. The van der Waals surface area contributed by atoms with Crippen LogP contribution in [0.25, 0.3) is 6.08 Å². The third kappa shape index (κ3) is 5.97. The lowest BCUT2D eigenvalue weighted by atomic mass is 10.2. The first-order valence-electron chi connectivity index (χ1n) is 8.48. The van der Waals surface area contributed by atoms with Crippen molar-refractivity contribution in [2.45, 2.75) is 13.8 Å². The van der Waals surface area contributed by atoms with Gasteiger partial charge in [-0.05, 0) is 49.4 Å². The highest BCUT2D eigenvalue weighted by Gasteiger charge is 2.36. The second-order valence-corrected chi connectivity index (χ2v) is 7.36. The van der Waals surface area contributed by atoms with E-state index in [9.17, 15) is 19.2 Å². The van der Waals surface area contributed by atoms with E-state index in [2.05, 4.69) is 15.9 Å². The van der Waals surface area contributed by atoms with Crippen LogP contribution in [-0.2, 0) is 19.1 Å². The molecule has 0 saturated carbocycles. The second kappa shape index (κ2) is 10.3. The molecule has 0 spiro atoms. The van der Waals surface area contributed by atoms with E-state index >= 15 is 0 Å². The van der Waals surface area contributed by atoms with Crippen LogP contribution in [0, 0.1) is 0 Å². The Kier molecular flexibility index (Phi) is 8.09. The van der Waals surface area contributed by atoms with Crippen molar-refractivity contribution in [3.63, 3.8) is 0 Å². The Morgan fingerprint density at radius 2 is 1.86 bits per heavy atom. The lowest BCUT2D eigenvalue weighted by Crippen LogP contribution is -2.34. The standard InChI is InChI=1S/C18H18BrNO8S/c1-3-26-12-5-10(11(19)7-13(12)28-9-15(21)22)6-14-17(24)20(18(25)29-14)8-16(23)27-4-2/h5-7H,3-4,8-9H2,1-2H3,(H,21,22)/b14-6+. The Balaban J connectivity index is 2.29. The molecule has 0 atom stereocenters. The molecule has 0 aliphatic carbocycles. The number of thioether (sulfide) groups is 1. The maximum absolute atomic E-state index is 12.5. The average Bonchev–Trinajstić information content (AvgIpc) is 2.90. The molecule has 1 N–H and O–H groups in total. The molecule has 0 bridgehead atoms. The fraction of sp³-hybridized carbons (Fsp3) is 0.333. The smallest absolute Gasteiger partial charge is 0.341 e. The van der Waals surface area contributed by atoms with Gasteiger partial charge in [0.1, 0.15) is 6.54 Å². The largest absolute Gasteiger partial charge is 0.490 e. The van der Waals surface area contributed by atoms with Crippen molar-refractivity contribution in [2.24, 2.45) is 0 Å². The van der Waals surface area contributed by atoms with E-state index in [0.717, 1.165) is 4.90 Å². The first-order valence-corrected chi connectivity index (χ1v) is 10.1. The van der Waals surface area contributed by atoms with E-state index in [-0.39, 0.29) is 23.0 Å². The summed E-state index contributed by atoms with van der Waals surface area (Å²) in [6.45, 7) is 2.84. The quantitative estimate of drug-likeness (QED) is 0.413. The molecule has 1 aliphatic heterocycles. The van der Waals surface area contributed by atoms with E-state index in [1.165, 1.54) is 12.1 Å². The van der Waals surface area contributed by atoms with Crippen LogP contribution in [0.3, 0.4) is 0 Å². The number of hydrogen-bond donors (Lipinski definition) is 1. The van der Waals surface area contributed by atoms with Gasteiger partial charge in [-0.25, -0.2) is 4.79 Å². The summed E-state index contributed by atoms with van der Waals surface area (Å²) in [4.78, 5) is 47.9. The van der Waals surface area contributed by atoms with Gasteiger partial charge in [0.15, 0.2) is 18.1 Å². The molecule has 1 aromatic carbocycles. The molecule has 1 saturated heterocycles. The summed E-state index contributed by atoms with van der Waals surface area (Å²) < 4.78 is 16.0. The fourth-order valence-corrected chi connectivity index (χ4v) is 3.56. The number of amides is 2. The number of nitrogens with zero attached hydrogens (tertiary/aromatic N) is 1. The average molecular weight is 488 g/mol. The van der Waals surface area contributed by atoms with Crippen LogP contribution in [0.2, 0.25) is 0 Å². The molecule has 2 rings (SSSR count). The maximum Gasteiger partial charge on any atom is 0.341 e. The van der Waals surface area contributed by atoms with Crippen molar-refractivity contribution in [3.8, 4) is 11.5 Å². The van der Waals surface area contributed by atoms with Crippen molar-refractivity contribution in [2.75, 3.05) is 26.4 Å². The minimum absolute atomic E-state index is 0.127. The van der Waals surface area contributed by atoms with Crippen molar-refractivity contribution in [3.05, 3.63) is 27.1 Å². The van der Waals surface area contributed by atoms with E-state index in [1.54, 1.807) is 19.9 Å². The van der Waals surface area contributed by atoms with Crippen molar-refractivity contribution in [1.29, 1.82) is 0 Å². The molecule has 2 amide bonds. The second-order valence-electron chi connectivity index (χ2n) is 5.51. The number of imide groups is 1. The predicted molar refractivity (Wildman–Crippen MR) is 108 cm³/mol. The molecule has 0 unspecified atom stereocenters. The summed E-state index contributed by atoms with van der Waals surface area (Å²) in [6, 6.07) is 3.08. The molecule has 1 aliphatic rings. The number of carbonyl (C=O) groups is 4. The van der Waals surface area contributed by atoms with E-state index in [4.69, 9.17) is 19.3 Å². The summed E-state index contributed by atoms with van der Waals surface area (Å²) in [5.41, 5.74) is 0.512. The van der Waals surface area contributed by atoms with Gasteiger partial charge in [0.2, 0.25) is 0 Å². The van der Waals surface area contributed by atoms with E-state index in [1.807, 2.05) is 0 Å². The molecule has 1 fully saturated rings. The van der Waals surface area contributed by atoms with Gasteiger partial charge in [0.25, 0.3) is 11.1 Å². The van der Waals surface area contributed by atoms with Crippen molar-refractivity contribution < 1.29 is 38.5 Å². The Morgan fingerprint density at radius 1 is 1.17 bits per heavy atom. The Bertz CT molecular complexity index is 870. The minimum Gasteiger partial charge on any atom is -0.490 e. The van der Waals surface area contributed by atoms with Crippen LogP contribution < -0.4 is 9.47 Å². The number of carbonyl (C=O) groups excluding carboxylic acids is 3. The van der Waals surface area contributed by atoms with Crippen LogP contribution in [0.1, 0.15) is 19.4 Å². The summed E-state index contributed by atoms with van der Waals surface area (Å²) in [5, 5.41) is 8.22. The summed E-state index contributed by atoms with van der Waals surface area (Å²) in [5.74, 6) is -1.91. The molecule has 1 heterocycles. The Morgan fingerprint density at radius 3 is 2.48 bits per heavy atom. The maximum atomic E-state index is 12.5. The lowest BCUT2D eigenvalue weighted by Gasteiger charge is -2.13. The summed E-state index contributed by atoms with van der Waals surface area (Å²) >= 11 is 4.04. The van der Waals surface area contributed by atoms with E-state index < -0.39 is 36.2 Å². The lowest BCUT2D eigenvalue weighted by molar-refractivity contribution is -0.146. The van der Waals surface area contributed by atoms with Crippen LogP contribution in [0.4, 0.5) is 4.79 Å². The normalized spacial score (nSPS) is 15.0. The van der Waals surface area contributed by atoms with Crippen LogP contribution >= 0.6 is 27.7 Å². The molecule has 11 heteroatoms. The molecule has 156 valence electrons. The van der Waals surface area contributed by atoms with Gasteiger partial charge in [-0.2, -0.15) is 0 Å². The Labute approximate surface area is 179 Å². The van der Waals surface area contributed by atoms with Gasteiger partial charge in [0.05, 0.1) is 18.1 Å². The third-order valence-electron chi connectivity index (χ3n) is 3.47. The fourth-order valence-electron chi connectivity index (χ4n) is 2.30. The van der Waals surface area contributed by atoms with Crippen LogP contribution in [0.5, 0.6) is 11.5 Å². The molecule has 29 heavy (non-hydrogen) atoms. The third-order valence-corrected chi connectivity index (χ3v) is 5.06. The zero-order chi connectivity index (χ0) is 21.6.